The molecule has 0 radical (unpaired) electrons. The first-order valence-corrected chi connectivity index (χ1v) is 10.8. The minimum Gasteiger partial charge on any atom is -0.485 e. The number of hydrogen-bond acceptors (Lipinski definition) is 3. The highest BCUT2D eigenvalue weighted by Gasteiger charge is 2.42. The molecule has 0 bridgehead atoms. The molecule has 1 aliphatic heterocycles. The zero-order valence-electron chi connectivity index (χ0n) is 17.2. The van der Waals surface area contributed by atoms with Crippen LogP contribution < -0.4 is 4.74 Å². The van der Waals surface area contributed by atoms with Crippen molar-refractivity contribution in [3.05, 3.63) is 64.7 Å². The highest BCUT2D eigenvalue weighted by atomic mass is 35.5. The summed E-state index contributed by atoms with van der Waals surface area (Å²) in [7, 11) is 2.18. The summed E-state index contributed by atoms with van der Waals surface area (Å²) >= 11 is 6.35. The molecule has 29 heavy (non-hydrogen) atoms. The lowest BCUT2D eigenvalue weighted by atomic mass is 9.81. The Labute approximate surface area is 178 Å². The smallest absolute Gasteiger partial charge is 0.219 e. The number of para-hydroxylation sites is 1. The average Bonchev–Trinajstić information content (AvgIpc) is 2.87. The Balaban J connectivity index is 1.47. The fourth-order valence-corrected chi connectivity index (χ4v) is 4.88. The van der Waals surface area contributed by atoms with Gasteiger partial charge in [-0.15, -0.1) is 0 Å². The highest BCUT2D eigenvalue weighted by molar-refractivity contribution is 6.31. The van der Waals surface area contributed by atoms with Crippen LogP contribution in [0.1, 0.15) is 43.7 Å². The standard InChI is InChI=1S/C24H29ClN2O2/c1-18(28)27-16-20-8-4-6-10-23(20)29-24(17-27)13-11-21(12-14-24)26(2)15-19-7-3-5-9-22(19)25/h3-10,21H,11-17H2,1-2H3. The average molecular weight is 413 g/mol. The second-order valence-corrected chi connectivity index (χ2v) is 8.91. The molecule has 0 N–H and O–H groups in total. The Bertz CT molecular complexity index is 877. The SMILES string of the molecule is CC(=O)N1Cc2ccccc2OC2(CCC(N(C)Cc3ccccc3Cl)CC2)C1. The van der Waals surface area contributed by atoms with E-state index in [0.29, 0.717) is 19.1 Å². The van der Waals surface area contributed by atoms with E-state index in [1.165, 1.54) is 5.56 Å². The molecule has 154 valence electrons. The Morgan fingerprint density at radius 2 is 1.86 bits per heavy atom. The number of carbonyl (C=O) groups excluding carboxylic acids is 1. The van der Waals surface area contributed by atoms with Gasteiger partial charge in [0.15, 0.2) is 0 Å². The molecule has 1 saturated carbocycles. The number of ether oxygens (including phenoxy) is 1. The second kappa shape index (κ2) is 8.37. The largest absolute Gasteiger partial charge is 0.485 e. The quantitative estimate of drug-likeness (QED) is 0.719. The molecule has 1 amide bonds. The lowest BCUT2D eigenvalue weighted by Gasteiger charge is -2.43. The molecule has 0 saturated heterocycles. The third-order valence-corrected chi connectivity index (χ3v) is 6.82. The summed E-state index contributed by atoms with van der Waals surface area (Å²) in [6.45, 7) is 3.80. The second-order valence-electron chi connectivity index (χ2n) is 8.51. The number of benzene rings is 2. The number of halogens is 1. The van der Waals surface area contributed by atoms with E-state index in [1.807, 2.05) is 41.3 Å². The molecule has 5 heteroatoms. The Hall–Kier alpha value is -2.04. The summed E-state index contributed by atoms with van der Waals surface area (Å²) < 4.78 is 6.60. The van der Waals surface area contributed by atoms with Gasteiger partial charge in [-0.3, -0.25) is 9.69 Å². The molecule has 1 aliphatic carbocycles. The van der Waals surface area contributed by atoms with Crippen molar-refractivity contribution in [2.75, 3.05) is 13.6 Å². The van der Waals surface area contributed by atoms with Crippen molar-refractivity contribution in [1.29, 1.82) is 0 Å². The van der Waals surface area contributed by atoms with Crippen LogP contribution in [0.4, 0.5) is 0 Å². The van der Waals surface area contributed by atoms with Gasteiger partial charge in [-0.25, -0.2) is 0 Å². The summed E-state index contributed by atoms with van der Waals surface area (Å²) in [6, 6.07) is 16.7. The molecule has 1 fully saturated rings. The number of nitrogens with zero attached hydrogens (tertiary/aromatic N) is 2. The van der Waals surface area contributed by atoms with Crippen LogP contribution in [0.3, 0.4) is 0 Å². The predicted octanol–water partition coefficient (Wildman–Crippen LogP) is 4.89. The van der Waals surface area contributed by atoms with Crippen molar-refractivity contribution in [1.82, 2.24) is 9.80 Å². The maximum atomic E-state index is 12.2. The van der Waals surface area contributed by atoms with E-state index in [0.717, 1.165) is 48.6 Å². The van der Waals surface area contributed by atoms with Crippen LogP contribution in [0.2, 0.25) is 5.02 Å². The molecule has 0 atom stereocenters. The first-order valence-electron chi connectivity index (χ1n) is 10.4. The van der Waals surface area contributed by atoms with E-state index in [9.17, 15) is 4.79 Å². The first-order chi connectivity index (χ1) is 14.0. The van der Waals surface area contributed by atoms with Crippen LogP contribution in [0.15, 0.2) is 48.5 Å². The zero-order chi connectivity index (χ0) is 20.4. The van der Waals surface area contributed by atoms with Crippen molar-refractivity contribution < 1.29 is 9.53 Å². The van der Waals surface area contributed by atoms with E-state index < -0.39 is 0 Å². The van der Waals surface area contributed by atoms with Gasteiger partial charge >= 0.3 is 0 Å². The highest BCUT2D eigenvalue weighted by Crippen LogP contribution is 2.39. The fraction of sp³-hybridized carbons (Fsp3) is 0.458. The third-order valence-electron chi connectivity index (χ3n) is 6.45. The molecule has 2 aliphatic rings. The number of carbonyl (C=O) groups is 1. The topological polar surface area (TPSA) is 32.8 Å². The van der Waals surface area contributed by atoms with Gasteiger partial charge in [-0.1, -0.05) is 48.0 Å². The van der Waals surface area contributed by atoms with E-state index in [2.05, 4.69) is 24.1 Å². The van der Waals surface area contributed by atoms with Crippen LogP contribution in [0.5, 0.6) is 5.75 Å². The Morgan fingerprint density at radius 3 is 2.59 bits per heavy atom. The fourth-order valence-electron chi connectivity index (χ4n) is 4.69. The van der Waals surface area contributed by atoms with Crippen LogP contribution in [0.25, 0.3) is 0 Å². The van der Waals surface area contributed by atoms with Crippen LogP contribution in [0, 0.1) is 0 Å². The van der Waals surface area contributed by atoms with Crippen LogP contribution in [-0.2, 0) is 17.9 Å². The minimum absolute atomic E-state index is 0.114. The van der Waals surface area contributed by atoms with E-state index in [1.54, 1.807) is 6.92 Å². The molecule has 1 heterocycles. The predicted molar refractivity (Wildman–Crippen MR) is 116 cm³/mol. The van der Waals surface area contributed by atoms with Gasteiger partial charge in [0.25, 0.3) is 0 Å². The van der Waals surface area contributed by atoms with Gasteiger partial charge in [0, 0.05) is 36.6 Å². The molecule has 2 aromatic carbocycles. The Morgan fingerprint density at radius 1 is 1.17 bits per heavy atom. The van der Waals surface area contributed by atoms with E-state index >= 15 is 0 Å². The molecular formula is C24H29ClN2O2. The van der Waals surface area contributed by atoms with Gasteiger partial charge in [0.2, 0.25) is 5.91 Å². The molecule has 1 spiro atoms. The summed E-state index contributed by atoms with van der Waals surface area (Å²) in [4.78, 5) is 16.6. The minimum atomic E-state index is -0.292. The number of rotatable bonds is 3. The summed E-state index contributed by atoms with van der Waals surface area (Å²) in [5.74, 6) is 1.04. The van der Waals surface area contributed by atoms with Crippen molar-refractivity contribution in [3.8, 4) is 5.75 Å². The van der Waals surface area contributed by atoms with Gasteiger partial charge in [-0.05, 0) is 50.4 Å². The van der Waals surface area contributed by atoms with Gasteiger partial charge in [-0.2, -0.15) is 0 Å². The molecule has 2 aromatic rings. The molecule has 4 nitrogen and oxygen atoms in total. The van der Waals surface area contributed by atoms with Gasteiger partial charge in [0.05, 0.1) is 6.54 Å². The van der Waals surface area contributed by atoms with Crippen LogP contribution in [-0.4, -0.2) is 40.9 Å². The number of fused-ring (bicyclic) bond motifs is 1. The Kier molecular flexibility index (Phi) is 5.84. The van der Waals surface area contributed by atoms with Gasteiger partial charge in [0.1, 0.15) is 11.4 Å². The molecule has 4 rings (SSSR count). The van der Waals surface area contributed by atoms with Gasteiger partial charge < -0.3 is 9.64 Å². The van der Waals surface area contributed by atoms with E-state index in [-0.39, 0.29) is 11.5 Å². The maximum absolute atomic E-state index is 12.2. The summed E-state index contributed by atoms with van der Waals surface area (Å²) in [5.41, 5.74) is 1.97. The van der Waals surface area contributed by atoms with Crippen molar-refractivity contribution >= 4 is 17.5 Å². The summed E-state index contributed by atoms with van der Waals surface area (Å²) in [6.07, 6.45) is 4.00. The van der Waals surface area contributed by atoms with Crippen molar-refractivity contribution in [2.24, 2.45) is 0 Å². The lowest BCUT2D eigenvalue weighted by Crippen LogP contribution is -2.51. The number of amides is 1. The lowest BCUT2D eigenvalue weighted by molar-refractivity contribution is -0.132. The number of hydrogen-bond donors (Lipinski definition) is 0. The normalized spacial score (nSPS) is 24.1. The molecule has 0 unspecified atom stereocenters. The third kappa shape index (κ3) is 4.44. The monoisotopic (exact) mass is 412 g/mol. The maximum Gasteiger partial charge on any atom is 0.219 e. The first kappa shape index (κ1) is 20.2. The van der Waals surface area contributed by atoms with Crippen molar-refractivity contribution in [2.45, 2.75) is 57.3 Å². The van der Waals surface area contributed by atoms with Crippen molar-refractivity contribution in [3.63, 3.8) is 0 Å². The van der Waals surface area contributed by atoms with E-state index in [4.69, 9.17) is 16.3 Å². The zero-order valence-corrected chi connectivity index (χ0v) is 18.0. The molecular weight excluding hydrogens is 384 g/mol. The summed E-state index contributed by atoms with van der Waals surface area (Å²) in [5, 5.41) is 0.826. The van der Waals surface area contributed by atoms with Crippen LogP contribution >= 0.6 is 11.6 Å². The molecule has 0 aromatic heterocycles.